The maximum Gasteiger partial charge on any atom is 0.415 e. The number of hydrogen-bond acceptors (Lipinski definition) is 2. The Morgan fingerprint density at radius 1 is 1.20 bits per heavy atom. The zero-order valence-corrected chi connectivity index (χ0v) is 18.5. The Balaban J connectivity index is 2.57. The summed E-state index contributed by atoms with van der Waals surface area (Å²) in [5.74, 6) is 0.455. The molecule has 1 aromatic rings. The number of nitrogens with zero attached hydrogens (tertiary/aromatic N) is 1. The lowest BCUT2D eigenvalue weighted by Crippen LogP contribution is -2.52. The third-order valence-electron chi connectivity index (χ3n) is 4.66. The quantitative estimate of drug-likeness (QED) is 0.517. The number of hydrogen-bond donors (Lipinski definition) is 0. The Morgan fingerprint density at radius 3 is 2.28 bits per heavy atom. The van der Waals surface area contributed by atoms with Gasteiger partial charge in [-0.05, 0) is 78.1 Å². The monoisotopic (exact) mass is 409 g/mol. The number of carbonyl (C=O) groups is 1. The van der Waals surface area contributed by atoms with Crippen LogP contribution in [0.2, 0.25) is 0 Å². The second-order valence-electron chi connectivity index (χ2n) is 9.44. The first-order valence-electron chi connectivity index (χ1n) is 9.16. The van der Waals surface area contributed by atoms with Gasteiger partial charge in [0.15, 0.2) is 0 Å². The molecular formula is C21H32BrNO2. The lowest BCUT2D eigenvalue weighted by Gasteiger charge is -2.44. The van der Waals surface area contributed by atoms with Gasteiger partial charge < -0.3 is 4.74 Å². The number of halogens is 1. The van der Waals surface area contributed by atoms with Gasteiger partial charge in [-0.15, -0.1) is 0 Å². The van der Waals surface area contributed by atoms with Crippen molar-refractivity contribution >= 4 is 27.7 Å². The maximum atomic E-state index is 13.1. The van der Waals surface area contributed by atoms with Crippen molar-refractivity contribution in [3.8, 4) is 0 Å². The van der Waals surface area contributed by atoms with Crippen molar-refractivity contribution in [2.24, 2.45) is 5.41 Å². The van der Waals surface area contributed by atoms with Gasteiger partial charge in [-0.1, -0.05) is 40.7 Å². The number of benzene rings is 1. The molecule has 1 aliphatic rings. The van der Waals surface area contributed by atoms with Gasteiger partial charge in [-0.2, -0.15) is 0 Å². The van der Waals surface area contributed by atoms with Gasteiger partial charge in [0.2, 0.25) is 0 Å². The molecule has 0 aliphatic carbocycles. The third-order valence-corrected chi connectivity index (χ3v) is 5.27. The molecule has 140 valence electrons. The number of fused-ring (bicyclic) bond motifs is 1. The molecule has 1 atom stereocenters. The summed E-state index contributed by atoms with van der Waals surface area (Å²) in [6, 6.07) is 4.50. The summed E-state index contributed by atoms with van der Waals surface area (Å²) in [5, 5.41) is 0. The number of aryl methyl sites for hydroxylation is 1. The molecular weight excluding hydrogens is 378 g/mol. The SMILES string of the molecule is CC(C)c1cc(Br)c2c(c1)CCC(C(C)(C)C)N2C(=O)OC(C)(C)C. The first-order valence-corrected chi connectivity index (χ1v) is 9.95. The molecule has 0 saturated carbocycles. The van der Waals surface area contributed by atoms with Crippen LogP contribution in [-0.4, -0.2) is 17.7 Å². The average Bonchev–Trinajstić information content (AvgIpc) is 2.42. The highest BCUT2D eigenvalue weighted by atomic mass is 79.9. The van der Waals surface area contributed by atoms with Crippen LogP contribution in [0.3, 0.4) is 0 Å². The van der Waals surface area contributed by atoms with Gasteiger partial charge in [0.1, 0.15) is 5.60 Å². The summed E-state index contributed by atoms with van der Waals surface area (Å²) in [4.78, 5) is 15.0. The lowest BCUT2D eigenvalue weighted by molar-refractivity contribution is 0.0531. The van der Waals surface area contributed by atoms with E-state index < -0.39 is 5.60 Å². The minimum Gasteiger partial charge on any atom is -0.443 e. The minimum absolute atomic E-state index is 0.0231. The number of rotatable bonds is 1. The van der Waals surface area contributed by atoms with Crippen LogP contribution in [0.4, 0.5) is 10.5 Å². The number of anilines is 1. The van der Waals surface area contributed by atoms with Crippen LogP contribution in [-0.2, 0) is 11.2 Å². The molecule has 1 aromatic carbocycles. The standard InChI is InChI=1S/C21H32BrNO2/c1-13(2)15-11-14-9-10-17(20(3,4)5)23(18(14)16(22)12-15)19(24)25-21(6,7)8/h11-13,17H,9-10H2,1-8H3. The van der Waals surface area contributed by atoms with E-state index in [-0.39, 0.29) is 17.6 Å². The van der Waals surface area contributed by atoms with E-state index in [2.05, 4.69) is 62.7 Å². The van der Waals surface area contributed by atoms with Crippen LogP contribution in [0.1, 0.15) is 78.9 Å². The molecule has 0 N–H and O–H groups in total. The summed E-state index contributed by atoms with van der Waals surface area (Å²) >= 11 is 3.73. The van der Waals surface area contributed by atoms with Crippen molar-refractivity contribution in [2.45, 2.75) is 85.8 Å². The molecule has 3 nitrogen and oxygen atoms in total. The highest BCUT2D eigenvalue weighted by molar-refractivity contribution is 9.10. The molecule has 4 heteroatoms. The summed E-state index contributed by atoms with van der Waals surface area (Å²) in [5.41, 5.74) is 2.96. The molecule has 0 aromatic heterocycles. The molecule has 1 amide bonds. The van der Waals surface area contributed by atoms with E-state index in [1.807, 2.05) is 25.7 Å². The van der Waals surface area contributed by atoms with Crippen LogP contribution < -0.4 is 4.90 Å². The van der Waals surface area contributed by atoms with E-state index in [0.29, 0.717) is 5.92 Å². The van der Waals surface area contributed by atoms with Crippen LogP contribution in [0.25, 0.3) is 0 Å². The summed E-state index contributed by atoms with van der Waals surface area (Å²) < 4.78 is 6.74. The van der Waals surface area contributed by atoms with Crippen LogP contribution in [0.15, 0.2) is 16.6 Å². The molecule has 1 heterocycles. The van der Waals surface area contributed by atoms with Crippen LogP contribution >= 0.6 is 15.9 Å². The molecule has 2 rings (SSSR count). The largest absolute Gasteiger partial charge is 0.443 e. The Morgan fingerprint density at radius 2 is 1.80 bits per heavy atom. The van der Waals surface area contributed by atoms with Gasteiger partial charge in [-0.25, -0.2) is 4.79 Å². The van der Waals surface area contributed by atoms with E-state index >= 15 is 0 Å². The molecule has 1 unspecified atom stereocenters. The summed E-state index contributed by atoms with van der Waals surface area (Å²) in [7, 11) is 0. The zero-order chi connectivity index (χ0) is 19.2. The van der Waals surface area contributed by atoms with Crippen LogP contribution in [0, 0.1) is 5.41 Å². The zero-order valence-electron chi connectivity index (χ0n) is 16.9. The van der Waals surface area contributed by atoms with Gasteiger partial charge in [-0.3, -0.25) is 4.90 Å². The smallest absolute Gasteiger partial charge is 0.415 e. The van der Waals surface area contributed by atoms with Gasteiger partial charge in [0.25, 0.3) is 0 Å². The Hall–Kier alpha value is -1.03. The average molecular weight is 410 g/mol. The highest BCUT2D eigenvalue weighted by Crippen LogP contribution is 2.44. The molecule has 0 spiro atoms. The molecule has 1 aliphatic heterocycles. The second kappa shape index (κ2) is 6.94. The number of amides is 1. The van der Waals surface area contributed by atoms with Crippen molar-refractivity contribution in [2.75, 3.05) is 4.90 Å². The van der Waals surface area contributed by atoms with E-state index in [1.165, 1.54) is 11.1 Å². The van der Waals surface area contributed by atoms with Crippen molar-refractivity contribution < 1.29 is 9.53 Å². The Bertz CT molecular complexity index is 653. The predicted octanol–water partition coefficient (Wildman–Crippen LogP) is 6.67. The maximum absolute atomic E-state index is 13.1. The fourth-order valence-electron chi connectivity index (χ4n) is 3.40. The van der Waals surface area contributed by atoms with Gasteiger partial charge in [0, 0.05) is 10.5 Å². The topological polar surface area (TPSA) is 29.5 Å². The molecule has 0 bridgehead atoms. The van der Waals surface area contributed by atoms with Crippen LogP contribution in [0.5, 0.6) is 0 Å². The summed E-state index contributed by atoms with van der Waals surface area (Å²) in [6.45, 7) is 16.7. The van der Waals surface area contributed by atoms with E-state index in [0.717, 1.165) is 23.0 Å². The molecule has 25 heavy (non-hydrogen) atoms. The number of ether oxygens (including phenoxy) is 1. The van der Waals surface area contributed by atoms with Crippen molar-refractivity contribution in [3.05, 3.63) is 27.7 Å². The normalized spacial score (nSPS) is 18.3. The van der Waals surface area contributed by atoms with Gasteiger partial charge in [0.05, 0.1) is 5.69 Å². The number of carbonyl (C=O) groups excluding carboxylic acids is 1. The second-order valence-corrected chi connectivity index (χ2v) is 10.3. The highest BCUT2D eigenvalue weighted by Gasteiger charge is 2.41. The van der Waals surface area contributed by atoms with Crippen molar-refractivity contribution in [1.82, 2.24) is 0 Å². The molecule has 0 radical (unpaired) electrons. The van der Waals surface area contributed by atoms with Gasteiger partial charge >= 0.3 is 6.09 Å². The third kappa shape index (κ3) is 4.58. The first kappa shape index (κ1) is 20.3. The first-order chi connectivity index (χ1) is 11.3. The van der Waals surface area contributed by atoms with Crippen molar-refractivity contribution in [1.29, 1.82) is 0 Å². The lowest BCUT2D eigenvalue weighted by atomic mass is 9.79. The Kier molecular flexibility index (Phi) is 5.63. The van der Waals surface area contributed by atoms with E-state index in [4.69, 9.17) is 4.74 Å². The van der Waals surface area contributed by atoms with Crippen molar-refractivity contribution in [3.63, 3.8) is 0 Å². The van der Waals surface area contributed by atoms with E-state index in [1.54, 1.807) is 0 Å². The molecule has 0 fully saturated rings. The minimum atomic E-state index is -0.512. The summed E-state index contributed by atoms with van der Waals surface area (Å²) in [6.07, 6.45) is 1.67. The Labute approximate surface area is 161 Å². The fourth-order valence-corrected chi connectivity index (χ4v) is 4.11. The van der Waals surface area contributed by atoms with E-state index in [9.17, 15) is 4.79 Å². The predicted molar refractivity (Wildman–Crippen MR) is 109 cm³/mol. The molecule has 0 saturated heterocycles. The fraction of sp³-hybridized carbons (Fsp3) is 0.667.